The van der Waals surface area contributed by atoms with E-state index in [0.717, 1.165) is 31.6 Å². The molecule has 0 bridgehead atoms. The second-order valence-electron chi connectivity index (χ2n) is 11.4. The summed E-state index contributed by atoms with van der Waals surface area (Å²) in [4.78, 5) is 25.8. The first-order chi connectivity index (χ1) is 22.5. The third-order valence-corrected chi connectivity index (χ3v) is 7.98. The van der Waals surface area contributed by atoms with E-state index in [2.05, 4.69) is 29.1 Å². The van der Waals surface area contributed by atoms with Gasteiger partial charge in [0.15, 0.2) is 0 Å². The molecule has 11 nitrogen and oxygen atoms in total. The number of nitrogens with two attached hydrogens (primary N) is 1. The van der Waals surface area contributed by atoms with Gasteiger partial charge < -0.3 is 44.4 Å². The Hall–Kier alpha value is -4.03. The van der Waals surface area contributed by atoms with Crippen molar-refractivity contribution in [1.82, 2.24) is 14.0 Å². The van der Waals surface area contributed by atoms with Crippen LogP contribution in [0, 0.1) is 17.8 Å². The zero-order chi connectivity index (χ0) is 34.0. The summed E-state index contributed by atoms with van der Waals surface area (Å²) >= 11 is 0. The third-order valence-electron chi connectivity index (χ3n) is 7.98. The Morgan fingerprint density at radius 1 is 1.13 bits per heavy atom. The molecule has 2 aromatic heterocycles. The number of halogens is 3. The van der Waals surface area contributed by atoms with Crippen molar-refractivity contribution in [2.75, 3.05) is 65.0 Å². The highest BCUT2D eigenvalue weighted by molar-refractivity contribution is 6.02. The number of carbonyl (C=O) groups excluding carboxylic acids is 1. The fraction of sp³-hybridized carbons (Fsp3) is 0.515. The van der Waals surface area contributed by atoms with E-state index in [1.54, 1.807) is 29.7 Å². The first-order valence-electron chi connectivity index (χ1n) is 15.6. The molecule has 47 heavy (non-hydrogen) atoms. The number of likely N-dealkylation sites (tertiary alicyclic amines) is 1. The van der Waals surface area contributed by atoms with Crippen molar-refractivity contribution in [2.45, 2.75) is 45.1 Å². The van der Waals surface area contributed by atoms with Gasteiger partial charge in [-0.25, -0.2) is 9.59 Å². The van der Waals surface area contributed by atoms with Crippen molar-refractivity contribution in [3.63, 3.8) is 0 Å². The van der Waals surface area contributed by atoms with Crippen LogP contribution in [0.3, 0.4) is 0 Å². The van der Waals surface area contributed by atoms with Crippen LogP contribution >= 0.6 is 0 Å². The number of anilines is 1. The average molecular weight is 662 g/mol. The molecule has 0 spiro atoms. The summed E-state index contributed by atoms with van der Waals surface area (Å²) in [6, 6.07) is 7.11. The van der Waals surface area contributed by atoms with Gasteiger partial charge in [-0.1, -0.05) is 12.0 Å². The second-order valence-corrected chi connectivity index (χ2v) is 11.4. The Bertz CT molecular complexity index is 1570. The standard InChI is InChI=1S/C33H42F3N5O6/c1-3-47-32(44)27-21-40(20-26(27)31(42)43)13-15-46-17-16-45-14-10-23-19-39(2)12-9-28(23)38-29-7-4-8-30-25(29)18-24(6-5-11-37)41(30)22-33(34,35)36/h4,7-8,18,20-21,23,28,38H,3,9-17,19,22,37H2,1-2H3,(H,42,43). The van der Waals surface area contributed by atoms with Gasteiger partial charge >= 0.3 is 18.1 Å². The maximum atomic E-state index is 13.4. The van der Waals surface area contributed by atoms with Gasteiger partial charge in [0.2, 0.25) is 0 Å². The molecule has 256 valence electrons. The maximum Gasteiger partial charge on any atom is 0.406 e. The summed E-state index contributed by atoms with van der Waals surface area (Å²) in [5.74, 6) is 3.82. The summed E-state index contributed by atoms with van der Waals surface area (Å²) in [6.07, 6.45) is 0.0689. The van der Waals surface area contributed by atoms with E-state index in [9.17, 15) is 27.9 Å². The molecule has 4 rings (SSSR count). The van der Waals surface area contributed by atoms with E-state index in [1.165, 1.54) is 17.0 Å². The SMILES string of the molecule is CCOC(=O)c1cn(CCOCCOCCC2CN(C)CCC2Nc2cccc3c2cc(C#CCN)n3CC(F)(F)F)cc1C(=O)O. The molecule has 1 aliphatic rings. The Morgan fingerprint density at radius 3 is 2.57 bits per heavy atom. The van der Waals surface area contributed by atoms with Crippen molar-refractivity contribution in [3.05, 3.63) is 53.5 Å². The molecule has 2 unspecified atom stereocenters. The quantitative estimate of drug-likeness (QED) is 0.125. The Balaban J connectivity index is 1.29. The molecule has 1 fully saturated rings. The molecular weight excluding hydrogens is 619 g/mol. The third kappa shape index (κ3) is 9.98. The number of carboxylic acids is 1. The van der Waals surface area contributed by atoms with E-state index in [0.29, 0.717) is 43.9 Å². The summed E-state index contributed by atoms with van der Waals surface area (Å²) < 4.78 is 59.5. The molecule has 1 aromatic carbocycles. The minimum atomic E-state index is -4.40. The Kier molecular flexibility index (Phi) is 12.7. The molecule has 1 saturated heterocycles. The zero-order valence-corrected chi connectivity index (χ0v) is 26.6. The molecule has 3 aromatic rings. The molecule has 0 saturated carbocycles. The van der Waals surface area contributed by atoms with Crippen LogP contribution < -0.4 is 11.1 Å². The second kappa shape index (κ2) is 16.7. The number of alkyl halides is 3. The monoisotopic (exact) mass is 661 g/mol. The molecule has 0 amide bonds. The molecule has 2 atom stereocenters. The van der Waals surface area contributed by atoms with Crippen molar-refractivity contribution < 1.29 is 42.1 Å². The number of esters is 1. The van der Waals surface area contributed by atoms with Crippen LogP contribution in [0.25, 0.3) is 10.9 Å². The lowest BCUT2D eigenvalue weighted by atomic mass is 9.89. The van der Waals surface area contributed by atoms with Crippen LogP contribution in [0.2, 0.25) is 0 Å². The Labute approximate surface area is 271 Å². The fourth-order valence-corrected chi connectivity index (χ4v) is 5.81. The zero-order valence-electron chi connectivity index (χ0n) is 26.6. The van der Waals surface area contributed by atoms with Gasteiger partial charge in [-0.3, -0.25) is 0 Å². The number of nitrogens with zero attached hydrogens (tertiary/aromatic N) is 3. The predicted octanol–water partition coefficient (Wildman–Crippen LogP) is 4.05. The van der Waals surface area contributed by atoms with E-state index in [1.807, 2.05) is 6.07 Å². The number of aromatic carboxylic acids is 1. The highest BCUT2D eigenvalue weighted by Crippen LogP contribution is 2.32. The number of carboxylic acid groups (broad SMARTS) is 1. The number of carbonyl (C=O) groups is 2. The van der Waals surface area contributed by atoms with Crippen LogP contribution in [0.1, 0.15) is 46.2 Å². The first kappa shape index (κ1) is 35.8. The number of hydrogen-bond donors (Lipinski definition) is 3. The smallest absolute Gasteiger partial charge is 0.406 e. The molecule has 1 aliphatic heterocycles. The van der Waals surface area contributed by atoms with Crippen LogP contribution in [-0.4, -0.2) is 103 Å². The van der Waals surface area contributed by atoms with Gasteiger partial charge in [0, 0.05) is 49.2 Å². The average Bonchev–Trinajstić information content (AvgIpc) is 3.60. The summed E-state index contributed by atoms with van der Waals surface area (Å²) in [7, 11) is 2.07. The normalized spacial score (nSPS) is 17.0. The number of aromatic nitrogens is 2. The molecule has 4 N–H and O–H groups in total. The lowest BCUT2D eigenvalue weighted by molar-refractivity contribution is -0.140. The molecule has 14 heteroatoms. The van der Waals surface area contributed by atoms with Gasteiger partial charge in [0.1, 0.15) is 6.54 Å². The van der Waals surface area contributed by atoms with Gasteiger partial charge in [-0.15, -0.1) is 0 Å². The number of ether oxygens (including phenoxy) is 3. The van der Waals surface area contributed by atoms with E-state index < -0.39 is 24.7 Å². The molecule has 0 aliphatic carbocycles. The van der Waals surface area contributed by atoms with Crippen LogP contribution in [0.4, 0.5) is 18.9 Å². The van der Waals surface area contributed by atoms with Crippen molar-refractivity contribution in [1.29, 1.82) is 0 Å². The number of benzene rings is 1. The maximum absolute atomic E-state index is 13.4. The van der Waals surface area contributed by atoms with Gasteiger partial charge in [-0.05, 0) is 63.4 Å². The van der Waals surface area contributed by atoms with Gasteiger partial charge in [-0.2, -0.15) is 13.2 Å². The van der Waals surface area contributed by atoms with Crippen LogP contribution in [-0.2, 0) is 27.3 Å². The molecular formula is C33H42F3N5O6. The summed E-state index contributed by atoms with van der Waals surface area (Å²) in [5.41, 5.74) is 6.87. The number of rotatable bonds is 15. The highest BCUT2D eigenvalue weighted by Gasteiger charge is 2.31. The largest absolute Gasteiger partial charge is 0.478 e. The van der Waals surface area contributed by atoms with E-state index in [4.69, 9.17) is 19.9 Å². The first-order valence-corrected chi connectivity index (χ1v) is 15.6. The van der Waals surface area contributed by atoms with Crippen molar-refractivity contribution >= 4 is 28.5 Å². The highest BCUT2D eigenvalue weighted by atomic mass is 19.4. The van der Waals surface area contributed by atoms with E-state index in [-0.39, 0.29) is 41.9 Å². The number of fused-ring (bicyclic) bond motifs is 1. The van der Waals surface area contributed by atoms with Gasteiger partial charge in [0.25, 0.3) is 0 Å². The van der Waals surface area contributed by atoms with E-state index >= 15 is 0 Å². The van der Waals surface area contributed by atoms with Crippen LogP contribution in [0.5, 0.6) is 0 Å². The fourth-order valence-electron chi connectivity index (χ4n) is 5.81. The number of nitrogens with one attached hydrogen (secondary N) is 1. The summed E-state index contributed by atoms with van der Waals surface area (Å²) in [5, 5.41) is 13.7. The van der Waals surface area contributed by atoms with Crippen molar-refractivity contribution in [2.24, 2.45) is 11.7 Å². The van der Waals surface area contributed by atoms with Gasteiger partial charge in [0.05, 0.1) is 55.3 Å². The topological polar surface area (TPSA) is 133 Å². The van der Waals surface area contributed by atoms with Crippen LogP contribution in [0.15, 0.2) is 36.7 Å². The minimum absolute atomic E-state index is 0.00180. The summed E-state index contributed by atoms with van der Waals surface area (Å²) in [6.45, 7) is 4.32. The molecule has 0 radical (unpaired) electrons. The lowest BCUT2D eigenvalue weighted by Crippen LogP contribution is -2.45. The Morgan fingerprint density at radius 2 is 1.87 bits per heavy atom. The molecule has 3 heterocycles. The number of hydrogen-bond acceptors (Lipinski definition) is 8. The predicted molar refractivity (Wildman–Crippen MR) is 171 cm³/mol. The van der Waals surface area contributed by atoms with Crippen molar-refractivity contribution in [3.8, 4) is 11.8 Å². The lowest BCUT2D eigenvalue weighted by Gasteiger charge is -2.38. The number of piperidine rings is 1. The minimum Gasteiger partial charge on any atom is -0.478 e.